The van der Waals surface area contributed by atoms with Gasteiger partial charge in [-0.2, -0.15) is 0 Å². The van der Waals surface area contributed by atoms with Crippen molar-refractivity contribution >= 4 is 51.4 Å². The summed E-state index contributed by atoms with van der Waals surface area (Å²) in [5.41, 5.74) is 0.769. The maximum absolute atomic E-state index is 12.0. The Kier molecular flexibility index (Phi) is 6.35. The highest BCUT2D eigenvalue weighted by molar-refractivity contribution is 7.17. The molecule has 0 bridgehead atoms. The van der Waals surface area contributed by atoms with Crippen LogP contribution in [0, 0.1) is 10.1 Å². The second kappa shape index (κ2) is 8.28. The lowest BCUT2D eigenvalue weighted by molar-refractivity contribution is -0.380. The topological polar surface area (TPSA) is 89.8 Å². The molecule has 0 fully saturated rings. The predicted molar refractivity (Wildman–Crippen MR) is 94.2 cm³/mol. The molecule has 132 valence electrons. The fraction of sp³-hybridized carbons (Fsp3) is 0.200. The summed E-state index contributed by atoms with van der Waals surface area (Å²) in [5, 5.41) is 11.2. The number of rotatable bonds is 6. The van der Waals surface area contributed by atoms with Gasteiger partial charge in [-0.05, 0) is 23.8 Å². The van der Waals surface area contributed by atoms with E-state index in [0.29, 0.717) is 21.4 Å². The summed E-state index contributed by atoms with van der Waals surface area (Å²) in [5.74, 6) is -1.21. The molecule has 2 aromatic rings. The van der Waals surface area contributed by atoms with E-state index in [-0.39, 0.29) is 16.4 Å². The number of esters is 1. The molecule has 0 saturated carbocycles. The number of nitrogens with zero attached hydrogens (tertiary/aromatic N) is 2. The van der Waals surface area contributed by atoms with E-state index in [1.807, 2.05) is 0 Å². The van der Waals surface area contributed by atoms with Crippen LogP contribution >= 0.6 is 34.5 Å². The number of hydrogen-bond acceptors (Lipinski definition) is 6. The molecule has 1 amide bonds. The van der Waals surface area contributed by atoms with Gasteiger partial charge in [-0.15, -0.1) is 0 Å². The Morgan fingerprint density at radius 1 is 1.24 bits per heavy atom. The molecule has 1 heterocycles. The number of likely N-dealkylation sites (N-methyl/N-ethyl adjacent to an activating group) is 1. The molecule has 0 unspecified atom stereocenters. The first-order valence-corrected chi connectivity index (χ1v) is 8.44. The van der Waals surface area contributed by atoms with Gasteiger partial charge in [0.1, 0.15) is 4.88 Å². The average Bonchev–Trinajstić information content (AvgIpc) is 3.06. The van der Waals surface area contributed by atoms with Crippen molar-refractivity contribution in [2.45, 2.75) is 6.54 Å². The van der Waals surface area contributed by atoms with Gasteiger partial charge in [0.05, 0.1) is 15.0 Å². The summed E-state index contributed by atoms with van der Waals surface area (Å²) >= 11 is 12.4. The van der Waals surface area contributed by atoms with Crippen LogP contribution in [0.4, 0.5) is 5.00 Å². The van der Waals surface area contributed by atoms with E-state index in [9.17, 15) is 19.7 Å². The highest BCUT2D eigenvalue weighted by atomic mass is 35.5. The zero-order chi connectivity index (χ0) is 18.6. The van der Waals surface area contributed by atoms with Crippen LogP contribution in [0.1, 0.15) is 15.2 Å². The Hall–Kier alpha value is -2.16. The second-order valence-electron chi connectivity index (χ2n) is 4.97. The number of nitro groups is 1. The minimum absolute atomic E-state index is 0.0617. The van der Waals surface area contributed by atoms with E-state index in [0.717, 1.165) is 5.56 Å². The highest BCUT2D eigenvalue weighted by Crippen LogP contribution is 2.25. The van der Waals surface area contributed by atoms with E-state index < -0.39 is 23.4 Å². The van der Waals surface area contributed by atoms with Crippen LogP contribution in [0.5, 0.6) is 0 Å². The molecular formula is C15H12Cl2N2O5S. The quantitative estimate of drug-likeness (QED) is 0.416. The van der Waals surface area contributed by atoms with Gasteiger partial charge in [-0.3, -0.25) is 14.9 Å². The molecule has 2 rings (SSSR count). The van der Waals surface area contributed by atoms with Crippen LogP contribution in [-0.4, -0.2) is 35.4 Å². The van der Waals surface area contributed by atoms with Crippen molar-refractivity contribution in [3.8, 4) is 0 Å². The Balaban J connectivity index is 1.88. The summed E-state index contributed by atoms with van der Waals surface area (Å²) in [6.07, 6.45) is 0. The molecule has 0 N–H and O–H groups in total. The molecule has 0 radical (unpaired) electrons. The Morgan fingerprint density at radius 3 is 2.56 bits per heavy atom. The molecule has 25 heavy (non-hydrogen) atoms. The van der Waals surface area contributed by atoms with Crippen molar-refractivity contribution in [3.05, 3.63) is 60.9 Å². The molecule has 0 aliphatic carbocycles. The number of carbonyl (C=O) groups excluding carboxylic acids is 2. The maximum Gasteiger partial charge on any atom is 0.349 e. The standard InChI is InChI=1S/C15H12Cl2N2O5S/c1-18(7-9-2-3-10(16)11(17)6-9)13(20)8-24-15(21)12-4-5-14(25-12)19(22)23/h2-6H,7-8H2,1H3. The summed E-state index contributed by atoms with van der Waals surface area (Å²) in [6, 6.07) is 7.50. The summed E-state index contributed by atoms with van der Waals surface area (Å²) in [6.45, 7) is -0.208. The summed E-state index contributed by atoms with van der Waals surface area (Å²) in [7, 11) is 1.55. The van der Waals surface area contributed by atoms with E-state index in [2.05, 4.69) is 0 Å². The third-order valence-corrected chi connectivity index (χ3v) is 4.89. The normalized spacial score (nSPS) is 10.4. The van der Waals surface area contributed by atoms with Crippen molar-refractivity contribution in [1.82, 2.24) is 4.90 Å². The molecule has 0 atom stereocenters. The van der Waals surface area contributed by atoms with Gasteiger partial charge in [0.15, 0.2) is 6.61 Å². The molecule has 0 aliphatic heterocycles. The number of carbonyl (C=O) groups is 2. The molecular weight excluding hydrogens is 391 g/mol. The second-order valence-corrected chi connectivity index (χ2v) is 6.85. The number of ether oxygens (including phenoxy) is 1. The predicted octanol–water partition coefficient (Wildman–Crippen LogP) is 3.78. The van der Waals surface area contributed by atoms with E-state index >= 15 is 0 Å². The minimum atomic E-state index is -0.783. The van der Waals surface area contributed by atoms with Gasteiger partial charge >= 0.3 is 11.0 Å². The van der Waals surface area contributed by atoms with Gasteiger partial charge in [0.25, 0.3) is 5.91 Å². The van der Waals surface area contributed by atoms with Crippen LogP contribution in [0.2, 0.25) is 10.0 Å². The van der Waals surface area contributed by atoms with Crippen LogP contribution in [0.3, 0.4) is 0 Å². The van der Waals surface area contributed by atoms with Crippen LogP contribution < -0.4 is 0 Å². The smallest absolute Gasteiger partial charge is 0.349 e. The average molecular weight is 403 g/mol. The minimum Gasteiger partial charge on any atom is -0.451 e. The Labute approximate surface area is 156 Å². The number of hydrogen-bond donors (Lipinski definition) is 0. The van der Waals surface area contributed by atoms with Crippen LogP contribution in [-0.2, 0) is 16.1 Å². The first kappa shape index (κ1) is 19.2. The SMILES string of the molecule is CN(Cc1ccc(Cl)c(Cl)c1)C(=O)COC(=O)c1ccc([N+](=O)[O-])s1. The van der Waals surface area contributed by atoms with E-state index in [1.165, 1.54) is 17.0 Å². The highest BCUT2D eigenvalue weighted by Gasteiger charge is 2.18. The lowest BCUT2D eigenvalue weighted by atomic mass is 10.2. The Bertz CT molecular complexity index is 824. The third-order valence-electron chi connectivity index (χ3n) is 3.13. The van der Waals surface area contributed by atoms with Crippen molar-refractivity contribution in [3.63, 3.8) is 0 Å². The van der Waals surface area contributed by atoms with Crippen LogP contribution in [0.25, 0.3) is 0 Å². The van der Waals surface area contributed by atoms with Gasteiger partial charge in [0.2, 0.25) is 0 Å². The van der Waals surface area contributed by atoms with Gasteiger partial charge in [-0.25, -0.2) is 4.79 Å². The van der Waals surface area contributed by atoms with Crippen molar-refractivity contribution in [1.29, 1.82) is 0 Å². The molecule has 1 aromatic carbocycles. The Morgan fingerprint density at radius 2 is 1.96 bits per heavy atom. The van der Waals surface area contributed by atoms with Crippen molar-refractivity contribution in [2.24, 2.45) is 0 Å². The third kappa shape index (κ3) is 5.15. The first-order valence-electron chi connectivity index (χ1n) is 6.87. The van der Waals surface area contributed by atoms with Gasteiger partial charge in [0, 0.05) is 19.7 Å². The molecule has 7 nitrogen and oxygen atoms in total. The number of thiophene rings is 1. The monoisotopic (exact) mass is 402 g/mol. The zero-order valence-electron chi connectivity index (χ0n) is 12.9. The fourth-order valence-corrected chi connectivity index (χ4v) is 2.88. The van der Waals surface area contributed by atoms with Crippen LogP contribution in [0.15, 0.2) is 30.3 Å². The number of amides is 1. The molecule has 10 heteroatoms. The maximum atomic E-state index is 12.0. The molecule has 1 aromatic heterocycles. The van der Waals surface area contributed by atoms with Crippen molar-refractivity contribution < 1.29 is 19.2 Å². The molecule has 0 aliphatic rings. The van der Waals surface area contributed by atoms with Gasteiger partial charge < -0.3 is 9.64 Å². The summed E-state index contributed by atoms with van der Waals surface area (Å²) < 4.78 is 4.90. The zero-order valence-corrected chi connectivity index (χ0v) is 15.2. The molecule has 0 saturated heterocycles. The van der Waals surface area contributed by atoms with Gasteiger partial charge in [-0.1, -0.05) is 40.6 Å². The lowest BCUT2D eigenvalue weighted by Gasteiger charge is -2.17. The number of halogens is 2. The fourth-order valence-electron chi connectivity index (χ4n) is 1.84. The van der Waals surface area contributed by atoms with E-state index in [4.69, 9.17) is 27.9 Å². The first-order chi connectivity index (χ1) is 11.8. The lowest BCUT2D eigenvalue weighted by Crippen LogP contribution is -2.30. The number of benzene rings is 1. The van der Waals surface area contributed by atoms with E-state index in [1.54, 1.807) is 25.2 Å². The van der Waals surface area contributed by atoms with Crippen molar-refractivity contribution in [2.75, 3.05) is 13.7 Å². The molecule has 0 spiro atoms. The summed E-state index contributed by atoms with van der Waals surface area (Å²) in [4.78, 5) is 35.3. The largest absolute Gasteiger partial charge is 0.451 e.